The lowest BCUT2D eigenvalue weighted by atomic mass is 10.1. The highest BCUT2D eigenvalue weighted by Crippen LogP contribution is 2.54. The molecule has 0 aliphatic heterocycles. The van der Waals surface area contributed by atoms with Crippen molar-refractivity contribution in [2.75, 3.05) is 0 Å². The van der Waals surface area contributed by atoms with Crippen LogP contribution in [-0.4, -0.2) is 18.6 Å². The summed E-state index contributed by atoms with van der Waals surface area (Å²) >= 11 is 5.82. The van der Waals surface area contributed by atoms with E-state index in [0.29, 0.717) is 17.9 Å². The van der Waals surface area contributed by atoms with Crippen LogP contribution in [0.15, 0.2) is 51.9 Å². The van der Waals surface area contributed by atoms with Crippen LogP contribution in [0.5, 0.6) is 0 Å². The molecule has 0 unspecified atom stereocenters. The van der Waals surface area contributed by atoms with Crippen LogP contribution >= 0.6 is 11.6 Å². The molecule has 140 valence electrons. The number of rotatable bonds is 5. The first kappa shape index (κ1) is 18.1. The first-order chi connectivity index (χ1) is 12.8. The third kappa shape index (κ3) is 3.12. The maximum atomic E-state index is 13.8. The van der Waals surface area contributed by atoms with Gasteiger partial charge in [0.25, 0.3) is 0 Å². The summed E-state index contributed by atoms with van der Waals surface area (Å²) in [7, 11) is -3.75. The summed E-state index contributed by atoms with van der Waals surface area (Å²) in [6, 6.07) is 9.06. The second-order valence-corrected chi connectivity index (χ2v) is 9.08. The fraction of sp³-hybridized carbons (Fsp3) is 0.222. The Hall–Kier alpha value is -2.32. The minimum Gasteiger partial charge on any atom is -0.338 e. The van der Waals surface area contributed by atoms with Crippen LogP contribution in [0.3, 0.4) is 0 Å². The second-order valence-electron chi connectivity index (χ2n) is 6.38. The van der Waals surface area contributed by atoms with E-state index < -0.39 is 26.2 Å². The van der Waals surface area contributed by atoms with Gasteiger partial charge < -0.3 is 4.52 Å². The zero-order valence-electron chi connectivity index (χ0n) is 13.8. The predicted octanol–water partition coefficient (Wildman–Crippen LogP) is 4.06. The first-order valence-electron chi connectivity index (χ1n) is 8.09. The molecule has 0 atom stereocenters. The molecule has 1 heterocycles. The van der Waals surface area contributed by atoms with Crippen molar-refractivity contribution in [3.05, 3.63) is 76.4 Å². The predicted molar refractivity (Wildman–Crippen MR) is 93.0 cm³/mol. The maximum absolute atomic E-state index is 13.8. The molecule has 2 aromatic carbocycles. The molecule has 0 N–H and O–H groups in total. The van der Waals surface area contributed by atoms with Crippen LogP contribution in [0.1, 0.15) is 30.1 Å². The largest absolute Gasteiger partial charge is 0.338 e. The first-order valence-corrected chi connectivity index (χ1v) is 9.95. The number of sulfone groups is 1. The van der Waals surface area contributed by atoms with Crippen LogP contribution < -0.4 is 0 Å². The number of halogens is 3. The monoisotopic (exact) mass is 410 g/mol. The van der Waals surface area contributed by atoms with E-state index in [2.05, 4.69) is 10.1 Å². The normalized spacial score (nSPS) is 15.7. The summed E-state index contributed by atoms with van der Waals surface area (Å²) in [6.07, 6.45) is 0.668. The summed E-state index contributed by atoms with van der Waals surface area (Å²) in [5.41, 5.74) is 0.189. The lowest BCUT2D eigenvalue weighted by molar-refractivity contribution is 0.364. The maximum Gasteiger partial charge on any atom is 0.248 e. The zero-order chi connectivity index (χ0) is 19.2. The van der Waals surface area contributed by atoms with Crippen molar-refractivity contribution in [2.45, 2.75) is 28.9 Å². The summed E-state index contributed by atoms with van der Waals surface area (Å²) in [6.45, 7) is 0. The highest BCUT2D eigenvalue weighted by Gasteiger charge is 2.60. The summed E-state index contributed by atoms with van der Waals surface area (Å²) in [4.78, 5) is 4.29. The van der Waals surface area contributed by atoms with Crippen molar-refractivity contribution in [2.24, 2.45) is 0 Å². The van der Waals surface area contributed by atoms with Gasteiger partial charge in [-0.15, -0.1) is 0 Å². The summed E-state index contributed by atoms with van der Waals surface area (Å²) in [5.74, 6) is -1.30. The molecule has 1 aliphatic rings. The Balaban J connectivity index is 1.63. The van der Waals surface area contributed by atoms with Crippen molar-refractivity contribution in [1.82, 2.24) is 10.1 Å². The van der Waals surface area contributed by atoms with E-state index in [4.69, 9.17) is 16.1 Å². The van der Waals surface area contributed by atoms with Gasteiger partial charge in [-0.25, -0.2) is 17.2 Å². The molecule has 1 aliphatic carbocycles. The number of hydrogen-bond donors (Lipinski definition) is 0. The van der Waals surface area contributed by atoms with Crippen LogP contribution in [0.2, 0.25) is 5.02 Å². The molecule has 1 saturated carbocycles. The Morgan fingerprint density at radius 2 is 1.81 bits per heavy atom. The molecule has 4 rings (SSSR count). The van der Waals surface area contributed by atoms with Gasteiger partial charge in [0.1, 0.15) is 11.6 Å². The number of nitrogens with zero attached hydrogens (tertiary/aromatic N) is 2. The molecular formula is C18H13ClF2N2O3S. The Labute approximate surface area is 158 Å². The fourth-order valence-electron chi connectivity index (χ4n) is 2.90. The smallest absolute Gasteiger partial charge is 0.248 e. The van der Waals surface area contributed by atoms with Crippen LogP contribution in [-0.2, 0) is 21.0 Å². The summed E-state index contributed by atoms with van der Waals surface area (Å²) in [5, 5.41) is 4.20. The third-order valence-corrected chi connectivity index (χ3v) is 7.32. The number of benzene rings is 2. The van der Waals surface area contributed by atoms with Crippen molar-refractivity contribution in [1.29, 1.82) is 0 Å². The Kier molecular flexibility index (Phi) is 4.27. The SMILES string of the molecule is O=S(=O)(c1ccc(Cl)cc1)C1(c2nc(Cc3ccc(F)cc3F)no2)CC1. The minimum atomic E-state index is -3.75. The summed E-state index contributed by atoms with van der Waals surface area (Å²) < 4.78 is 56.8. The minimum absolute atomic E-state index is 0.0185. The molecule has 9 heteroatoms. The van der Waals surface area contributed by atoms with Crippen molar-refractivity contribution in [3.8, 4) is 0 Å². The standard InChI is InChI=1S/C18H13ClF2N2O3S/c19-12-2-5-14(6-3-12)27(24,25)18(7-8-18)17-22-16(23-26-17)9-11-1-4-13(20)10-15(11)21/h1-6,10H,7-9H2. The molecule has 27 heavy (non-hydrogen) atoms. The number of hydrogen-bond acceptors (Lipinski definition) is 5. The van der Waals surface area contributed by atoms with Gasteiger partial charge in [-0.05, 0) is 48.7 Å². The van der Waals surface area contributed by atoms with Crippen molar-refractivity contribution in [3.63, 3.8) is 0 Å². The van der Waals surface area contributed by atoms with E-state index in [1.165, 1.54) is 30.3 Å². The average molecular weight is 411 g/mol. The van der Waals surface area contributed by atoms with Gasteiger partial charge in [0.15, 0.2) is 20.4 Å². The second kappa shape index (κ2) is 6.38. The molecule has 1 fully saturated rings. The molecule has 0 bridgehead atoms. The van der Waals surface area contributed by atoms with Gasteiger partial charge in [-0.3, -0.25) is 0 Å². The Bertz CT molecular complexity index is 1110. The highest BCUT2D eigenvalue weighted by molar-refractivity contribution is 7.92. The number of aromatic nitrogens is 2. The Morgan fingerprint density at radius 3 is 2.44 bits per heavy atom. The molecule has 5 nitrogen and oxygen atoms in total. The molecule has 0 radical (unpaired) electrons. The van der Waals surface area contributed by atoms with Gasteiger partial charge in [0, 0.05) is 17.5 Å². The zero-order valence-corrected chi connectivity index (χ0v) is 15.4. The topological polar surface area (TPSA) is 73.1 Å². The Morgan fingerprint density at radius 1 is 1.11 bits per heavy atom. The average Bonchev–Trinajstić information content (AvgIpc) is 3.32. The van der Waals surface area contributed by atoms with Gasteiger partial charge in [-0.2, -0.15) is 4.98 Å². The van der Waals surface area contributed by atoms with E-state index in [-0.39, 0.29) is 28.6 Å². The van der Waals surface area contributed by atoms with E-state index in [1.54, 1.807) is 0 Å². The van der Waals surface area contributed by atoms with E-state index in [1.807, 2.05) is 0 Å². The molecular weight excluding hydrogens is 398 g/mol. The van der Waals surface area contributed by atoms with E-state index in [9.17, 15) is 17.2 Å². The highest BCUT2D eigenvalue weighted by atomic mass is 35.5. The molecule has 0 saturated heterocycles. The fourth-order valence-corrected chi connectivity index (χ4v) is 4.92. The van der Waals surface area contributed by atoms with E-state index in [0.717, 1.165) is 12.1 Å². The molecule has 1 aromatic heterocycles. The quantitative estimate of drug-likeness (QED) is 0.634. The van der Waals surface area contributed by atoms with Gasteiger partial charge >= 0.3 is 0 Å². The lowest BCUT2D eigenvalue weighted by Crippen LogP contribution is -2.21. The van der Waals surface area contributed by atoms with Crippen LogP contribution in [0.25, 0.3) is 0 Å². The van der Waals surface area contributed by atoms with Crippen molar-refractivity contribution >= 4 is 21.4 Å². The third-order valence-electron chi connectivity index (χ3n) is 4.56. The van der Waals surface area contributed by atoms with Gasteiger partial charge in [0.2, 0.25) is 5.89 Å². The van der Waals surface area contributed by atoms with Gasteiger partial charge in [0.05, 0.1) is 4.90 Å². The van der Waals surface area contributed by atoms with Crippen molar-refractivity contribution < 1.29 is 21.7 Å². The lowest BCUT2D eigenvalue weighted by Gasteiger charge is -2.12. The molecule has 3 aromatic rings. The van der Waals surface area contributed by atoms with E-state index >= 15 is 0 Å². The molecule has 0 spiro atoms. The molecule has 0 amide bonds. The van der Waals surface area contributed by atoms with Crippen LogP contribution in [0.4, 0.5) is 8.78 Å². The van der Waals surface area contributed by atoms with Crippen LogP contribution in [0, 0.1) is 11.6 Å². The van der Waals surface area contributed by atoms with Gasteiger partial charge in [-0.1, -0.05) is 22.8 Å².